The average Bonchev–Trinajstić information content (AvgIpc) is 3.20. The second kappa shape index (κ2) is 48.0. The minimum absolute atomic E-state index is 0.0589. The quantitative estimate of drug-likeness (QED) is 0.0378. The Morgan fingerprint density at radius 2 is 0.661 bits per heavy atom. The average molecular weight is 791 g/mol. The molecule has 0 aromatic rings. The summed E-state index contributed by atoms with van der Waals surface area (Å²) in [4.78, 5) is 24.4. The number of hydrogen-bond acceptors (Lipinski definition) is 5. The number of esters is 2. The first-order valence-electron chi connectivity index (χ1n) is 25.2. The van der Waals surface area contributed by atoms with Crippen molar-refractivity contribution >= 4 is 11.9 Å². The van der Waals surface area contributed by atoms with Crippen molar-refractivity contribution in [2.75, 3.05) is 13.2 Å². The third-order valence-corrected chi connectivity index (χ3v) is 11.6. The van der Waals surface area contributed by atoms with Crippen molar-refractivity contribution in [1.82, 2.24) is 0 Å². The van der Waals surface area contributed by atoms with Gasteiger partial charge in [-0.3, -0.25) is 9.59 Å². The van der Waals surface area contributed by atoms with Gasteiger partial charge >= 0.3 is 11.9 Å². The molecule has 0 heterocycles. The summed E-state index contributed by atoms with van der Waals surface area (Å²) in [6.45, 7) is 4.19. The first-order chi connectivity index (χ1) is 27.6. The summed E-state index contributed by atoms with van der Waals surface area (Å²) in [7, 11) is 0. The normalized spacial score (nSPS) is 12.1. The molecule has 0 rings (SSSR count). The van der Waals surface area contributed by atoms with Crippen LogP contribution in [0.25, 0.3) is 0 Å². The van der Waals surface area contributed by atoms with Gasteiger partial charge in [0, 0.05) is 12.8 Å². The van der Waals surface area contributed by atoms with E-state index in [0.717, 1.165) is 32.1 Å². The van der Waals surface area contributed by atoms with Crippen LogP contribution in [0, 0.1) is 0 Å². The number of aliphatic hydroxyl groups is 1. The highest BCUT2D eigenvalue weighted by Gasteiger charge is 2.16. The lowest BCUT2D eigenvalue weighted by atomic mass is 10.0. The summed E-state index contributed by atoms with van der Waals surface area (Å²) in [6, 6.07) is 0. The predicted molar refractivity (Wildman–Crippen MR) is 242 cm³/mol. The molecular weight excluding hydrogens is 693 g/mol. The summed E-state index contributed by atoms with van der Waals surface area (Å²) in [5.74, 6) is -0.573. The van der Waals surface area contributed by atoms with Crippen molar-refractivity contribution in [3.8, 4) is 0 Å². The molecule has 0 aliphatic rings. The maximum absolute atomic E-state index is 12.3. The van der Waals surface area contributed by atoms with Gasteiger partial charge in [0.2, 0.25) is 0 Å². The molecule has 0 amide bonds. The lowest BCUT2D eigenvalue weighted by Crippen LogP contribution is -2.28. The van der Waals surface area contributed by atoms with E-state index in [-0.39, 0.29) is 25.2 Å². The van der Waals surface area contributed by atoms with Gasteiger partial charge in [-0.15, -0.1) is 0 Å². The molecule has 0 aliphatic carbocycles. The number of allylic oxidation sites excluding steroid dienone is 2. The Hall–Kier alpha value is -1.36. The highest BCUT2D eigenvalue weighted by Crippen LogP contribution is 2.17. The van der Waals surface area contributed by atoms with E-state index in [1.807, 2.05) is 0 Å². The lowest BCUT2D eigenvalue weighted by Gasteiger charge is -2.15. The maximum Gasteiger partial charge on any atom is 0.306 e. The third-order valence-electron chi connectivity index (χ3n) is 11.6. The van der Waals surface area contributed by atoms with Crippen LogP contribution in [0.15, 0.2) is 12.2 Å². The molecule has 1 unspecified atom stereocenters. The van der Waals surface area contributed by atoms with Crippen molar-refractivity contribution in [2.45, 2.75) is 290 Å². The minimum atomic E-state index is -0.766. The van der Waals surface area contributed by atoms with Gasteiger partial charge in [0.1, 0.15) is 6.61 Å². The number of aliphatic hydroxyl groups excluding tert-OH is 1. The highest BCUT2D eigenvalue weighted by molar-refractivity contribution is 5.70. The number of carbonyl (C=O) groups excluding carboxylic acids is 2. The standard InChI is InChI=1S/C51H98O5/c1-3-5-7-9-11-13-15-17-19-21-23-24-25-26-28-30-32-34-36-38-40-42-44-46-51(54)56-49(47-52)48-55-50(53)45-43-41-39-37-35-33-31-29-27-22-20-18-16-14-12-10-8-6-4-2/h21,23,49,52H,3-20,22,24-48H2,1-2H3/b23-21-. The van der Waals surface area contributed by atoms with Gasteiger partial charge in [0.15, 0.2) is 6.10 Å². The monoisotopic (exact) mass is 791 g/mol. The molecule has 1 atom stereocenters. The van der Waals surface area contributed by atoms with Gasteiger partial charge in [-0.1, -0.05) is 244 Å². The molecule has 5 nitrogen and oxygen atoms in total. The Balaban J connectivity index is 3.45. The second-order valence-electron chi connectivity index (χ2n) is 17.3. The zero-order valence-electron chi connectivity index (χ0n) is 37.9. The fraction of sp³-hybridized carbons (Fsp3) is 0.922. The van der Waals surface area contributed by atoms with Crippen molar-refractivity contribution in [2.24, 2.45) is 0 Å². The van der Waals surface area contributed by atoms with Crippen LogP contribution in [0.2, 0.25) is 0 Å². The molecule has 332 valence electrons. The van der Waals surface area contributed by atoms with Gasteiger partial charge in [-0.25, -0.2) is 0 Å². The van der Waals surface area contributed by atoms with Crippen LogP contribution in [-0.4, -0.2) is 36.4 Å². The van der Waals surface area contributed by atoms with Crippen molar-refractivity contribution < 1.29 is 24.2 Å². The number of rotatable bonds is 47. The van der Waals surface area contributed by atoms with Gasteiger partial charge < -0.3 is 14.6 Å². The zero-order chi connectivity index (χ0) is 40.7. The molecule has 0 aliphatic heterocycles. The zero-order valence-corrected chi connectivity index (χ0v) is 37.9. The molecule has 0 bridgehead atoms. The largest absolute Gasteiger partial charge is 0.462 e. The van der Waals surface area contributed by atoms with Gasteiger partial charge in [0.05, 0.1) is 6.61 Å². The molecular formula is C51H98O5. The molecule has 0 fully saturated rings. The number of unbranched alkanes of at least 4 members (excludes halogenated alkanes) is 37. The van der Waals surface area contributed by atoms with Crippen LogP contribution in [0.1, 0.15) is 284 Å². The van der Waals surface area contributed by atoms with E-state index in [2.05, 4.69) is 26.0 Å². The van der Waals surface area contributed by atoms with Crippen molar-refractivity contribution in [3.05, 3.63) is 12.2 Å². The van der Waals surface area contributed by atoms with Crippen LogP contribution in [0.3, 0.4) is 0 Å². The summed E-state index contributed by atoms with van der Waals surface area (Å²) < 4.78 is 10.7. The van der Waals surface area contributed by atoms with E-state index < -0.39 is 6.10 Å². The predicted octanol–water partition coefficient (Wildman–Crippen LogP) is 16.4. The van der Waals surface area contributed by atoms with Crippen LogP contribution in [0.5, 0.6) is 0 Å². The summed E-state index contributed by atoms with van der Waals surface area (Å²) in [5.41, 5.74) is 0. The topological polar surface area (TPSA) is 72.8 Å². The Kier molecular flexibility index (Phi) is 46.8. The van der Waals surface area contributed by atoms with Crippen LogP contribution in [-0.2, 0) is 19.1 Å². The molecule has 1 N–H and O–H groups in total. The van der Waals surface area contributed by atoms with Gasteiger partial charge in [0.25, 0.3) is 0 Å². The fourth-order valence-electron chi connectivity index (χ4n) is 7.73. The maximum atomic E-state index is 12.3. The van der Waals surface area contributed by atoms with Crippen LogP contribution in [0.4, 0.5) is 0 Å². The number of carbonyl (C=O) groups is 2. The molecule has 0 saturated heterocycles. The van der Waals surface area contributed by atoms with Crippen LogP contribution < -0.4 is 0 Å². The van der Waals surface area contributed by atoms with E-state index in [0.29, 0.717) is 12.8 Å². The number of hydrogen-bond donors (Lipinski definition) is 1. The fourth-order valence-corrected chi connectivity index (χ4v) is 7.73. The van der Waals surface area contributed by atoms with Gasteiger partial charge in [-0.05, 0) is 38.5 Å². The minimum Gasteiger partial charge on any atom is -0.462 e. The molecule has 0 aromatic carbocycles. The summed E-state index contributed by atoms with van der Waals surface area (Å²) in [5, 5.41) is 9.62. The molecule has 0 aromatic heterocycles. The summed E-state index contributed by atoms with van der Waals surface area (Å²) in [6.07, 6.45) is 57.3. The van der Waals surface area contributed by atoms with E-state index >= 15 is 0 Å². The Morgan fingerprint density at radius 3 is 0.964 bits per heavy atom. The van der Waals surface area contributed by atoms with Crippen LogP contribution >= 0.6 is 0 Å². The second-order valence-corrected chi connectivity index (χ2v) is 17.3. The van der Waals surface area contributed by atoms with Gasteiger partial charge in [-0.2, -0.15) is 0 Å². The third kappa shape index (κ3) is 45.3. The van der Waals surface area contributed by atoms with E-state index in [4.69, 9.17) is 9.47 Å². The van der Waals surface area contributed by atoms with Crippen molar-refractivity contribution in [1.29, 1.82) is 0 Å². The lowest BCUT2D eigenvalue weighted by molar-refractivity contribution is -0.161. The van der Waals surface area contributed by atoms with E-state index in [1.54, 1.807) is 0 Å². The molecule has 0 radical (unpaired) electrons. The Morgan fingerprint density at radius 1 is 0.393 bits per heavy atom. The first kappa shape index (κ1) is 54.6. The molecule has 56 heavy (non-hydrogen) atoms. The number of ether oxygens (including phenoxy) is 2. The van der Waals surface area contributed by atoms with E-state index in [9.17, 15) is 14.7 Å². The first-order valence-corrected chi connectivity index (χ1v) is 25.2. The smallest absolute Gasteiger partial charge is 0.306 e. The Bertz CT molecular complexity index is 810. The SMILES string of the molecule is CCCCCCCCCC/C=C\CCCCCCCCCCCCCC(=O)OC(CO)COC(=O)CCCCCCCCCCCCCCCCCCCCC. The highest BCUT2D eigenvalue weighted by atomic mass is 16.6. The summed E-state index contributed by atoms with van der Waals surface area (Å²) >= 11 is 0. The molecule has 5 heteroatoms. The van der Waals surface area contributed by atoms with Crippen molar-refractivity contribution in [3.63, 3.8) is 0 Å². The molecule has 0 saturated carbocycles. The molecule has 0 spiro atoms. The Labute approximate surface area is 350 Å². The van der Waals surface area contributed by atoms with E-state index in [1.165, 1.54) is 225 Å².